The molecule has 0 spiro atoms. The first kappa shape index (κ1) is 11.4. The molecule has 0 aliphatic carbocycles. The van der Waals surface area contributed by atoms with E-state index in [4.69, 9.17) is 5.73 Å². The third-order valence-corrected chi connectivity index (χ3v) is 2.83. The van der Waals surface area contributed by atoms with Crippen LogP contribution in [0, 0.1) is 6.92 Å². The minimum Gasteiger partial charge on any atom is -0.368 e. The van der Waals surface area contributed by atoms with Crippen LogP contribution in [0.15, 0.2) is 48.0 Å². The van der Waals surface area contributed by atoms with Gasteiger partial charge in [0.1, 0.15) is 0 Å². The Kier molecular flexibility index (Phi) is 2.72. The van der Waals surface area contributed by atoms with Crippen LogP contribution in [0.5, 0.6) is 0 Å². The zero-order valence-electron chi connectivity index (χ0n) is 10.5. The summed E-state index contributed by atoms with van der Waals surface area (Å²) in [6, 6.07) is 8.06. The number of nitrogens with zero attached hydrogens (tertiary/aromatic N) is 4. The number of imidazole rings is 1. The van der Waals surface area contributed by atoms with Crippen LogP contribution in [0.3, 0.4) is 0 Å². The number of rotatable bonds is 2. The summed E-state index contributed by atoms with van der Waals surface area (Å²) in [5, 5.41) is 6.53. The third kappa shape index (κ3) is 2.30. The molecule has 0 unspecified atom stereocenters. The fourth-order valence-corrected chi connectivity index (χ4v) is 1.91. The Balaban J connectivity index is 1.94. The lowest BCUT2D eigenvalue weighted by Crippen LogP contribution is -1.96. The molecule has 19 heavy (non-hydrogen) atoms. The van der Waals surface area contributed by atoms with Crippen molar-refractivity contribution in [2.45, 2.75) is 6.92 Å². The SMILES string of the molecule is Cc1cn(N=Cc2ccc3ccncc3c2)c(N)n1. The van der Waals surface area contributed by atoms with Crippen molar-refractivity contribution in [3.05, 3.63) is 54.1 Å². The monoisotopic (exact) mass is 251 g/mol. The highest BCUT2D eigenvalue weighted by atomic mass is 15.4. The summed E-state index contributed by atoms with van der Waals surface area (Å²) in [5.74, 6) is 0.385. The number of hydrogen-bond donors (Lipinski definition) is 1. The number of nitrogens with two attached hydrogens (primary N) is 1. The Bertz CT molecular complexity index is 757. The van der Waals surface area contributed by atoms with Crippen LogP contribution >= 0.6 is 0 Å². The van der Waals surface area contributed by atoms with Gasteiger partial charge in [-0.3, -0.25) is 4.98 Å². The largest absolute Gasteiger partial charge is 0.368 e. The maximum atomic E-state index is 5.72. The van der Waals surface area contributed by atoms with E-state index < -0.39 is 0 Å². The van der Waals surface area contributed by atoms with Gasteiger partial charge in [0.05, 0.1) is 18.1 Å². The van der Waals surface area contributed by atoms with Gasteiger partial charge >= 0.3 is 0 Å². The van der Waals surface area contributed by atoms with E-state index in [-0.39, 0.29) is 0 Å². The summed E-state index contributed by atoms with van der Waals surface area (Å²) in [7, 11) is 0. The van der Waals surface area contributed by atoms with Crippen molar-refractivity contribution in [2.24, 2.45) is 5.10 Å². The minimum atomic E-state index is 0.385. The molecule has 2 aromatic heterocycles. The molecular formula is C14H13N5. The minimum absolute atomic E-state index is 0.385. The van der Waals surface area contributed by atoms with Crippen molar-refractivity contribution < 1.29 is 0 Å². The average Bonchev–Trinajstić information content (AvgIpc) is 2.74. The number of fused-ring (bicyclic) bond motifs is 1. The maximum Gasteiger partial charge on any atom is 0.221 e. The number of pyridine rings is 1. The fraction of sp³-hybridized carbons (Fsp3) is 0.0714. The summed E-state index contributed by atoms with van der Waals surface area (Å²) in [6.45, 7) is 1.88. The van der Waals surface area contributed by atoms with Gasteiger partial charge in [-0.15, -0.1) is 0 Å². The molecule has 0 atom stereocenters. The Morgan fingerprint density at radius 1 is 1.26 bits per heavy atom. The van der Waals surface area contributed by atoms with Crippen molar-refractivity contribution in [3.63, 3.8) is 0 Å². The number of anilines is 1. The number of nitrogen functional groups attached to an aromatic ring is 1. The quantitative estimate of drug-likeness (QED) is 0.710. The first-order valence-corrected chi connectivity index (χ1v) is 5.92. The van der Waals surface area contributed by atoms with E-state index in [0.29, 0.717) is 5.95 Å². The first-order chi connectivity index (χ1) is 9.22. The molecule has 5 heteroatoms. The second-order valence-corrected chi connectivity index (χ2v) is 4.31. The highest BCUT2D eigenvalue weighted by Gasteiger charge is 1.99. The Morgan fingerprint density at radius 2 is 2.16 bits per heavy atom. The van der Waals surface area contributed by atoms with E-state index in [0.717, 1.165) is 22.0 Å². The Hall–Kier alpha value is -2.69. The highest BCUT2D eigenvalue weighted by molar-refractivity contribution is 5.89. The Morgan fingerprint density at radius 3 is 2.95 bits per heavy atom. The zero-order chi connectivity index (χ0) is 13.2. The van der Waals surface area contributed by atoms with Gasteiger partial charge in [-0.05, 0) is 30.0 Å². The Labute approximate surface area is 110 Å². The van der Waals surface area contributed by atoms with Gasteiger partial charge in [-0.25, -0.2) is 9.66 Å². The molecule has 94 valence electrons. The van der Waals surface area contributed by atoms with Crippen LogP contribution in [-0.4, -0.2) is 20.9 Å². The van der Waals surface area contributed by atoms with E-state index >= 15 is 0 Å². The van der Waals surface area contributed by atoms with E-state index in [1.54, 1.807) is 23.3 Å². The van der Waals surface area contributed by atoms with Crippen LogP contribution in [0.4, 0.5) is 5.95 Å². The smallest absolute Gasteiger partial charge is 0.221 e. The van der Waals surface area contributed by atoms with Gasteiger partial charge < -0.3 is 5.73 Å². The lowest BCUT2D eigenvalue weighted by Gasteiger charge is -1.99. The first-order valence-electron chi connectivity index (χ1n) is 5.92. The van der Waals surface area contributed by atoms with Gasteiger partial charge in [0, 0.05) is 17.8 Å². The van der Waals surface area contributed by atoms with E-state index in [9.17, 15) is 0 Å². The molecule has 1 aromatic carbocycles. The standard InChI is InChI=1S/C14H13N5/c1-10-9-19(14(15)18-10)17-7-11-2-3-12-4-5-16-8-13(12)6-11/h2-9H,1H3,(H2,15,18). The van der Waals surface area contributed by atoms with Crippen molar-refractivity contribution in [3.8, 4) is 0 Å². The highest BCUT2D eigenvalue weighted by Crippen LogP contribution is 2.13. The molecule has 0 saturated heterocycles. The summed E-state index contributed by atoms with van der Waals surface area (Å²) < 4.78 is 1.56. The van der Waals surface area contributed by atoms with Crippen LogP contribution in [-0.2, 0) is 0 Å². The lowest BCUT2D eigenvalue weighted by molar-refractivity contribution is 0.897. The predicted molar refractivity (Wildman–Crippen MR) is 76.1 cm³/mol. The molecular weight excluding hydrogens is 238 g/mol. The molecule has 0 radical (unpaired) electrons. The van der Waals surface area contributed by atoms with E-state index in [1.165, 1.54) is 0 Å². The van der Waals surface area contributed by atoms with Gasteiger partial charge in [-0.1, -0.05) is 12.1 Å². The molecule has 5 nitrogen and oxygen atoms in total. The average molecular weight is 251 g/mol. The molecule has 0 saturated carbocycles. The molecule has 2 N–H and O–H groups in total. The van der Waals surface area contributed by atoms with Gasteiger partial charge in [-0.2, -0.15) is 5.10 Å². The topological polar surface area (TPSA) is 69.1 Å². The fourth-order valence-electron chi connectivity index (χ4n) is 1.91. The molecule has 0 aliphatic rings. The molecule has 0 aliphatic heterocycles. The van der Waals surface area contributed by atoms with Crippen LogP contribution in [0.25, 0.3) is 10.8 Å². The summed E-state index contributed by atoms with van der Waals surface area (Å²) in [5.41, 5.74) is 7.56. The normalized spacial score (nSPS) is 11.4. The molecule has 0 amide bonds. The lowest BCUT2D eigenvalue weighted by atomic mass is 10.1. The third-order valence-electron chi connectivity index (χ3n) is 2.83. The van der Waals surface area contributed by atoms with Crippen molar-refractivity contribution >= 4 is 22.9 Å². The molecule has 2 heterocycles. The van der Waals surface area contributed by atoms with Crippen LogP contribution in [0.1, 0.15) is 11.3 Å². The second kappa shape index (κ2) is 4.53. The number of benzene rings is 1. The maximum absolute atomic E-state index is 5.72. The van der Waals surface area contributed by atoms with Crippen molar-refractivity contribution in [1.82, 2.24) is 14.6 Å². The summed E-state index contributed by atoms with van der Waals surface area (Å²) in [4.78, 5) is 8.20. The summed E-state index contributed by atoms with van der Waals surface area (Å²) >= 11 is 0. The van der Waals surface area contributed by atoms with Crippen LogP contribution < -0.4 is 5.73 Å². The van der Waals surface area contributed by atoms with E-state index in [1.807, 2.05) is 37.4 Å². The van der Waals surface area contributed by atoms with Gasteiger partial charge in [0.25, 0.3) is 0 Å². The van der Waals surface area contributed by atoms with Crippen LogP contribution in [0.2, 0.25) is 0 Å². The number of hydrogen-bond acceptors (Lipinski definition) is 4. The van der Waals surface area contributed by atoms with Crippen molar-refractivity contribution in [2.75, 3.05) is 5.73 Å². The molecule has 0 fully saturated rings. The van der Waals surface area contributed by atoms with E-state index in [2.05, 4.69) is 15.1 Å². The zero-order valence-corrected chi connectivity index (χ0v) is 10.5. The molecule has 3 aromatic rings. The summed E-state index contributed by atoms with van der Waals surface area (Å²) in [6.07, 6.45) is 7.16. The van der Waals surface area contributed by atoms with Gasteiger partial charge in [0.15, 0.2) is 0 Å². The molecule has 3 rings (SSSR count). The predicted octanol–water partition coefficient (Wildman–Crippen LogP) is 2.20. The number of aromatic nitrogens is 3. The second-order valence-electron chi connectivity index (χ2n) is 4.31. The number of aryl methyl sites for hydroxylation is 1. The van der Waals surface area contributed by atoms with Crippen molar-refractivity contribution in [1.29, 1.82) is 0 Å². The molecule has 0 bridgehead atoms. The van der Waals surface area contributed by atoms with Gasteiger partial charge in [0.2, 0.25) is 5.95 Å².